The molecule has 0 bridgehead atoms. The van der Waals surface area contributed by atoms with Crippen LogP contribution in [-0.2, 0) is 14.4 Å². The van der Waals surface area contributed by atoms with Gasteiger partial charge in [-0.15, -0.1) is 0 Å². The highest BCUT2D eigenvalue weighted by Gasteiger charge is 2.37. The molecule has 1 heterocycles. The van der Waals surface area contributed by atoms with Gasteiger partial charge in [-0.05, 0) is 26.2 Å². The van der Waals surface area contributed by atoms with Crippen molar-refractivity contribution in [1.29, 1.82) is 0 Å². The van der Waals surface area contributed by atoms with E-state index in [1.165, 1.54) is 81.9 Å². The van der Waals surface area contributed by atoms with Gasteiger partial charge in [0.25, 0.3) is 0 Å². The highest BCUT2D eigenvalue weighted by atomic mass is 16.3. The molecule has 1 fully saturated rings. The van der Waals surface area contributed by atoms with E-state index in [9.17, 15) is 19.5 Å². The molecule has 2 atom stereocenters. The average molecular weight is 496 g/mol. The second kappa shape index (κ2) is 20.6. The number of aliphatic hydroxyl groups is 1. The molecule has 1 aliphatic rings. The molecule has 0 aromatic carbocycles. The molecule has 1 rings (SSSR count). The minimum atomic E-state index is -0.978. The predicted molar refractivity (Wildman–Crippen MR) is 142 cm³/mol. The maximum Gasteiger partial charge on any atom is 0.248 e. The zero-order valence-corrected chi connectivity index (χ0v) is 22.6. The Morgan fingerprint density at radius 2 is 1.34 bits per heavy atom. The van der Waals surface area contributed by atoms with E-state index < -0.39 is 18.7 Å². The first kappa shape index (κ1) is 31.4. The molecule has 0 radical (unpaired) electrons. The van der Waals surface area contributed by atoms with Gasteiger partial charge in [-0.2, -0.15) is 0 Å². The molecule has 0 aliphatic carbocycles. The number of nitrogens with zero attached hydrogens (tertiary/aromatic N) is 1. The van der Waals surface area contributed by atoms with Crippen LogP contribution in [0.2, 0.25) is 0 Å². The summed E-state index contributed by atoms with van der Waals surface area (Å²) in [5.74, 6) is -0.744. The van der Waals surface area contributed by atoms with Gasteiger partial charge in [0.2, 0.25) is 17.7 Å². The van der Waals surface area contributed by atoms with Crippen molar-refractivity contribution in [2.45, 2.75) is 142 Å². The van der Waals surface area contributed by atoms with Gasteiger partial charge in [-0.3, -0.25) is 14.4 Å². The lowest BCUT2D eigenvalue weighted by Gasteiger charge is -2.27. The van der Waals surface area contributed by atoms with Crippen LogP contribution in [-0.4, -0.2) is 59.5 Å². The Hall–Kier alpha value is -1.63. The van der Waals surface area contributed by atoms with Crippen molar-refractivity contribution in [3.05, 3.63) is 0 Å². The van der Waals surface area contributed by atoms with E-state index in [-0.39, 0.29) is 17.7 Å². The van der Waals surface area contributed by atoms with Gasteiger partial charge < -0.3 is 20.6 Å². The van der Waals surface area contributed by atoms with E-state index in [1.54, 1.807) is 0 Å². The van der Waals surface area contributed by atoms with Crippen molar-refractivity contribution in [3.8, 4) is 0 Å². The van der Waals surface area contributed by atoms with Crippen molar-refractivity contribution >= 4 is 17.7 Å². The molecule has 7 heteroatoms. The largest absolute Gasteiger partial charge is 0.394 e. The smallest absolute Gasteiger partial charge is 0.248 e. The summed E-state index contributed by atoms with van der Waals surface area (Å²) in [6.07, 6.45) is 20.8. The maximum absolute atomic E-state index is 12.8. The number of aliphatic hydroxyl groups excluding tert-OH is 1. The van der Waals surface area contributed by atoms with Crippen LogP contribution in [0.1, 0.15) is 129 Å². The lowest BCUT2D eigenvalue weighted by atomic mass is 10.0. The van der Waals surface area contributed by atoms with Crippen LogP contribution in [0.5, 0.6) is 0 Å². The van der Waals surface area contributed by atoms with Gasteiger partial charge in [0, 0.05) is 19.5 Å². The Kier molecular flexibility index (Phi) is 18.4. The van der Waals surface area contributed by atoms with Crippen LogP contribution in [0.3, 0.4) is 0 Å². The number of nitrogens with one attached hydrogen (secondary N) is 2. The van der Waals surface area contributed by atoms with E-state index in [0.29, 0.717) is 25.9 Å². The zero-order valence-electron chi connectivity index (χ0n) is 22.6. The predicted octanol–water partition coefficient (Wildman–Crippen LogP) is 4.85. The topological polar surface area (TPSA) is 98.7 Å². The average Bonchev–Trinajstić information content (AvgIpc) is 3.35. The van der Waals surface area contributed by atoms with Crippen molar-refractivity contribution in [2.24, 2.45) is 0 Å². The van der Waals surface area contributed by atoms with E-state index in [0.717, 1.165) is 25.7 Å². The number of rotatable bonds is 21. The van der Waals surface area contributed by atoms with Crippen molar-refractivity contribution in [2.75, 3.05) is 19.7 Å². The molecule has 0 spiro atoms. The first-order valence-electron chi connectivity index (χ1n) is 14.5. The second-order valence-electron chi connectivity index (χ2n) is 10.1. The quantitative estimate of drug-likeness (QED) is 0.198. The monoisotopic (exact) mass is 495 g/mol. The molecule has 1 aliphatic heterocycles. The molecular formula is C28H53N3O4. The number of likely N-dealkylation sites (N-methyl/N-ethyl adjacent to an activating group) is 1. The lowest BCUT2D eigenvalue weighted by Crippen LogP contribution is -2.54. The lowest BCUT2D eigenvalue weighted by molar-refractivity contribution is -0.142. The molecule has 3 N–H and O–H groups in total. The number of likely N-dealkylation sites (tertiary alicyclic amines) is 1. The van der Waals surface area contributed by atoms with Gasteiger partial charge in [0.15, 0.2) is 0 Å². The fraction of sp³-hybridized carbons (Fsp3) is 0.893. The van der Waals surface area contributed by atoms with Gasteiger partial charge in [-0.25, -0.2) is 0 Å². The van der Waals surface area contributed by atoms with Gasteiger partial charge in [-0.1, -0.05) is 96.8 Å². The third-order valence-electron chi connectivity index (χ3n) is 7.01. The number of unbranched alkanes of at least 4 members (excludes halogenated alkanes) is 14. The summed E-state index contributed by atoms with van der Waals surface area (Å²) >= 11 is 0. The van der Waals surface area contributed by atoms with Crippen LogP contribution in [0.4, 0.5) is 0 Å². The van der Waals surface area contributed by atoms with E-state index >= 15 is 0 Å². The van der Waals surface area contributed by atoms with Crippen molar-refractivity contribution < 1.29 is 19.5 Å². The van der Waals surface area contributed by atoms with E-state index in [4.69, 9.17) is 0 Å². The molecule has 35 heavy (non-hydrogen) atoms. The van der Waals surface area contributed by atoms with Crippen LogP contribution < -0.4 is 10.6 Å². The molecule has 0 unspecified atom stereocenters. The van der Waals surface area contributed by atoms with Gasteiger partial charge in [0.1, 0.15) is 12.1 Å². The summed E-state index contributed by atoms with van der Waals surface area (Å²) in [5, 5.41) is 15.1. The highest BCUT2D eigenvalue weighted by molar-refractivity contribution is 5.92. The fourth-order valence-electron chi connectivity index (χ4n) is 4.90. The van der Waals surface area contributed by atoms with Crippen LogP contribution in [0.25, 0.3) is 0 Å². The Balaban J connectivity index is 2.08. The summed E-state index contributed by atoms with van der Waals surface area (Å²) in [5.41, 5.74) is 0. The summed E-state index contributed by atoms with van der Waals surface area (Å²) in [7, 11) is 0. The highest BCUT2D eigenvalue weighted by Crippen LogP contribution is 2.19. The van der Waals surface area contributed by atoms with E-state index in [1.807, 2.05) is 6.92 Å². The Labute approximate surface area is 214 Å². The maximum atomic E-state index is 12.8. The Morgan fingerprint density at radius 3 is 1.83 bits per heavy atom. The number of carbonyl (C=O) groups excluding carboxylic acids is 3. The third-order valence-corrected chi connectivity index (χ3v) is 7.01. The second-order valence-corrected chi connectivity index (χ2v) is 10.1. The van der Waals surface area contributed by atoms with Crippen molar-refractivity contribution in [1.82, 2.24) is 15.5 Å². The van der Waals surface area contributed by atoms with Crippen LogP contribution >= 0.6 is 0 Å². The summed E-state index contributed by atoms with van der Waals surface area (Å²) in [6.45, 7) is 4.63. The number of carbonyl (C=O) groups is 3. The molecule has 7 nitrogen and oxygen atoms in total. The minimum Gasteiger partial charge on any atom is -0.394 e. The first-order valence-corrected chi connectivity index (χ1v) is 14.5. The number of hydrogen-bond donors (Lipinski definition) is 3. The van der Waals surface area contributed by atoms with E-state index in [2.05, 4.69) is 17.6 Å². The number of amides is 3. The molecule has 1 saturated heterocycles. The third kappa shape index (κ3) is 13.9. The fourth-order valence-corrected chi connectivity index (χ4v) is 4.90. The minimum absolute atomic E-state index is 0.167. The summed E-state index contributed by atoms with van der Waals surface area (Å²) < 4.78 is 0. The van der Waals surface area contributed by atoms with Crippen LogP contribution in [0, 0.1) is 0 Å². The molecule has 204 valence electrons. The zero-order chi connectivity index (χ0) is 25.7. The van der Waals surface area contributed by atoms with Crippen molar-refractivity contribution in [3.63, 3.8) is 0 Å². The SMILES string of the molecule is CCCCCCCCCCCCCCCCCC(=O)N[C@H](CO)C(=O)N1CCC[C@H]1C(=O)NCC. The molecule has 0 aromatic rings. The van der Waals surface area contributed by atoms with Gasteiger partial charge in [0.05, 0.1) is 6.61 Å². The molecule has 0 aromatic heterocycles. The molecule has 3 amide bonds. The number of hydrogen-bond acceptors (Lipinski definition) is 4. The van der Waals surface area contributed by atoms with Gasteiger partial charge >= 0.3 is 0 Å². The Morgan fingerprint density at radius 1 is 0.829 bits per heavy atom. The van der Waals surface area contributed by atoms with Crippen LogP contribution in [0.15, 0.2) is 0 Å². The molecular weight excluding hydrogens is 442 g/mol. The normalized spacial score (nSPS) is 16.3. The molecule has 0 saturated carbocycles. The Bertz CT molecular complexity index is 585. The summed E-state index contributed by atoms with van der Waals surface area (Å²) in [4.78, 5) is 38.8. The summed E-state index contributed by atoms with van der Waals surface area (Å²) in [6, 6.07) is -1.49. The standard InChI is InChI=1S/C28H53N3O4/c1-3-5-6-7-8-9-10-11-12-13-14-15-16-17-18-21-26(33)30-24(23-32)28(35)31-22-19-20-25(31)27(34)29-4-2/h24-25,32H,3-23H2,1-2H3,(H,29,34)(H,30,33)/t24-,25+/m1/s1. The first-order chi connectivity index (χ1) is 17.0.